The van der Waals surface area contributed by atoms with Gasteiger partial charge in [-0.15, -0.1) is 0 Å². The maximum Gasteiger partial charge on any atom is 0.308 e. The number of hydrogen-bond acceptors (Lipinski definition) is 3. The van der Waals surface area contributed by atoms with Crippen LogP contribution in [0.15, 0.2) is 53.5 Å². The summed E-state index contributed by atoms with van der Waals surface area (Å²) in [6, 6.07) is 15.2. The zero-order chi connectivity index (χ0) is 13.7. The summed E-state index contributed by atoms with van der Waals surface area (Å²) in [7, 11) is 0. The van der Waals surface area contributed by atoms with Crippen molar-refractivity contribution in [2.45, 2.75) is 13.8 Å². The number of aliphatic imine (C=N–C) groups is 1. The summed E-state index contributed by atoms with van der Waals surface area (Å²) in [4.78, 5) is 15.2. The van der Waals surface area contributed by atoms with Gasteiger partial charge in [0.2, 0.25) is 0 Å². The van der Waals surface area contributed by atoms with Crippen LogP contribution in [-0.4, -0.2) is 12.2 Å². The summed E-state index contributed by atoms with van der Waals surface area (Å²) in [5.74, 6) is 0.223. The summed E-state index contributed by atoms with van der Waals surface area (Å²) in [6.07, 6.45) is 1.78. The molecule has 3 heteroatoms. The van der Waals surface area contributed by atoms with Gasteiger partial charge in [0.15, 0.2) is 0 Å². The molecule has 0 fully saturated rings. The monoisotopic (exact) mass is 253 g/mol. The van der Waals surface area contributed by atoms with Gasteiger partial charge in [-0.3, -0.25) is 9.79 Å². The molecule has 0 amide bonds. The molecule has 0 spiro atoms. The Balaban J connectivity index is 2.06. The minimum atomic E-state index is -0.318. The number of nitrogens with zero attached hydrogens (tertiary/aromatic N) is 1. The van der Waals surface area contributed by atoms with Crippen molar-refractivity contribution >= 4 is 17.9 Å². The van der Waals surface area contributed by atoms with Crippen LogP contribution in [0.5, 0.6) is 5.75 Å². The third-order valence-electron chi connectivity index (χ3n) is 2.54. The molecule has 0 unspecified atom stereocenters. The van der Waals surface area contributed by atoms with Crippen LogP contribution in [0, 0.1) is 6.92 Å². The van der Waals surface area contributed by atoms with E-state index in [0.717, 1.165) is 11.3 Å². The normalized spacial score (nSPS) is 10.6. The van der Waals surface area contributed by atoms with Crippen LogP contribution in [0.25, 0.3) is 0 Å². The topological polar surface area (TPSA) is 38.7 Å². The van der Waals surface area contributed by atoms with E-state index in [1.807, 2.05) is 43.3 Å². The van der Waals surface area contributed by atoms with Crippen LogP contribution < -0.4 is 4.74 Å². The zero-order valence-electron chi connectivity index (χ0n) is 11.0. The second-order valence-electron chi connectivity index (χ2n) is 4.26. The molecule has 3 nitrogen and oxygen atoms in total. The first kappa shape index (κ1) is 13.0. The molecule has 0 saturated carbocycles. The maximum absolute atomic E-state index is 10.8. The van der Waals surface area contributed by atoms with Gasteiger partial charge in [-0.1, -0.05) is 17.7 Å². The van der Waals surface area contributed by atoms with Gasteiger partial charge < -0.3 is 4.74 Å². The molecule has 0 aliphatic rings. The van der Waals surface area contributed by atoms with Crippen molar-refractivity contribution in [1.82, 2.24) is 0 Å². The number of ether oxygens (including phenoxy) is 1. The summed E-state index contributed by atoms with van der Waals surface area (Å²) < 4.78 is 4.96. The minimum absolute atomic E-state index is 0.318. The first-order valence-corrected chi connectivity index (χ1v) is 6.03. The Kier molecular flexibility index (Phi) is 4.08. The second-order valence-corrected chi connectivity index (χ2v) is 4.26. The lowest BCUT2D eigenvalue weighted by atomic mass is 10.2. The Labute approximate surface area is 112 Å². The van der Waals surface area contributed by atoms with E-state index in [0.29, 0.717) is 5.75 Å². The van der Waals surface area contributed by atoms with Crippen LogP contribution in [0.1, 0.15) is 18.1 Å². The van der Waals surface area contributed by atoms with Crippen LogP contribution in [0.2, 0.25) is 0 Å². The summed E-state index contributed by atoms with van der Waals surface area (Å²) in [6.45, 7) is 3.42. The molecule has 0 bridgehead atoms. The van der Waals surface area contributed by atoms with Crippen molar-refractivity contribution in [2.75, 3.05) is 0 Å². The molecule has 0 atom stereocenters. The lowest BCUT2D eigenvalue weighted by molar-refractivity contribution is -0.131. The number of benzene rings is 2. The van der Waals surface area contributed by atoms with Crippen LogP contribution >= 0.6 is 0 Å². The van der Waals surface area contributed by atoms with Gasteiger partial charge in [0, 0.05) is 13.1 Å². The lowest BCUT2D eigenvalue weighted by Crippen LogP contribution is -2.00. The van der Waals surface area contributed by atoms with Crippen LogP contribution in [0.3, 0.4) is 0 Å². The molecule has 2 rings (SSSR count). The van der Waals surface area contributed by atoms with E-state index < -0.39 is 0 Å². The van der Waals surface area contributed by atoms with Gasteiger partial charge in [-0.25, -0.2) is 0 Å². The van der Waals surface area contributed by atoms with Gasteiger partial charge >= 0.3 is 5.97 Å². The van der Waals surface area contributed by atoms with Crippen molar-refractivity contribution in [2.24, 2.45) is 4.99 Å². The molecule has 0 radical (unpaired) electrons. The molecule has 0 heterocycles. The number of carbonyl (C=O) groups is 1. The fraction of sp³-hybridized carbons (Fsp3) is 0.125. The molecule has 0 aliphatic heterocycles. The smallest absolute Gasteiger partial charge is 0.308 e. The van der Waals surface area contributed by atoms with Gasteiger partial charge in [-0.2, -0.15) is 0 Å². The standard InChI is InChI=1S/C16H15NO2/c1-12-3-7-15(8-4-12)17-11-14-5-9-16(10-6-14)19-13(2)18/h3-11H,1-2H3. The predicted octanol–water partition coefficient (Wildman–Crippen LogP) is 3.67. The number of rotatable bonds is 3. The Hall–Kier alpha value is -2.42. The highest BCUT2D eigenvalue weighted by Gasteiger charge is 1.97. The van der Waals surface area contributed by atoms with E-state index in [9.17, 15) is 4.79 Å². The SMILES string of the molecule is CC(=O)Oc1ccc(C=Nc2ccc(C)cc2)cc1. The van der Waals surface area contributed by atoms with Crippen molar-refractivity contribution in [3.05, 3.63) is 59.7 Å². The van der Waals surface area contributed by atoms with Crippen molar-refractivity contribution < 1.29 is 9.53 Å². The van der Waals surface area contributed by atoms with Gasteiger partial charge in [0.1, 0.15) is 5.75 Å². The van der Waals surface area contributed by atoms with E-state index in [2.05, 4.69) is 4.99 Å². The zero-order valence-corrected chi connectivity index (χ0v) is 11.0. The third kappa shape index (κ3) is 4.07. The highest BCUT2D eigenvalue weighted by atomic mass is 16.5. The number of esters is 1. The Morgan fingerprint density at radius 3 is 2.26 bits per heavy atom. The van der Waals surface area contributed by atoms with Crippen molar-refractivity contribution in [3.63, 3.8) is 0 Å². The Morgan fingerprint density at radius 2 is 1.68 bits per heavy atom. The number of hydrogen-bond donors (Lipinski definition) is 0. The van der Waals surface area contributed by atoms with Gasteiger partial charge in [-0.05, 0) is 48.9 Å². The van der Waals surface area contributed by atoms with Gasteiger partial charge in [0.05, 0.1) is 5.69 Å². The minimum Gasteiger partial charge on any atom is -0.427 e. The molecule has 0 N–H and O–H groups in total. The summed E-state index contributed by atoms with van der Waals surface area (Å²) >= 11 is 0. The Bertz CT molecular complexity index is 583. The lowest BCUT2D eigenvalue weighted by Gasteiger charge is -2.00. The van der Waals surface area contributed by atoms with E-state index in [4.69, 9.17) is 4.74 Å². The largest absolute Gasteiger partial charge is 0.427 e. The number of carbonyl (C=O) groups excluding carboxylic acids is 1. The van der Waals surface area contributed by atoms with E-state index in [1.165, 1.54) is 12.5 Å². The second kappa shape index (κ2) is 5.96. The maximum atomic E-state index is 10.8. The molecular weight excluding hydrogens is 238 g/mol. The quantitative estimate of drug-likeness (QED) is 0.475. The van der Waals surface area contributed by atoms with E-state index >= 15 is 0 Å². The molecule has 2 aromatic carbocycles. The van der Waals surface area contributed by atoms with Crippen molar-refractivity contribution in [3.8, 4) is 5.75 Å². The summed E-state index contributed by atoms with van der Waals surface area (Å²) in [5.41, 5.74) is 3.08. The predicted molar refractivity (Wildman–Crippen MR) is 76.2 cm³/mol. The van der Waals surface area contributed by atoms with E-state index in [1.54, 1.807) is 18.3 Å². The molecule has 2 aromatic rings. The van der Waals surface area contributed by atoms with Crippen LogP contribution in [-0.2, 0) is 4.79 Å². The highest BCUT2D eigenvalue weighted by Crippen LogP contribution is 2.14. The molecular formula is C16H15NO2. The fourth-order valence-corrected chi connectivity index (χ4v) is 1.57. The molecule has 0 saturated heterocycles. The molecule has 96 valence electrons. The van der Waals surface area contributed by atoms with Crippen molar-refractivity contribution in [1.29, 1.82) is 0 Å². The fourth-order valence-electron chi connectivity index (χ4n) is 1.57. The number of aryl methyl sites for hydroxylation is 1. The van der Waals surface area contributed by atoms with Crippen LogP contribution in [0.4, 0.5) is 5.69 Å². The molecule has 0 aromatic heterocycles. The first-order chi connectivity index (χ1) is 9.13. The molecule has 0 aliphatic carbocycles. The van der Waals surface area contributed by atoms with E-state index in [-0.39, 0.29) is 5.97 Å². The van der Waals surface area contributed by atoms with Gasteiger partial charge in [0.25, 0.3) is 0 Å². The first-order valence-electron chi connectivity index (χ1n) is 6.03. The highest BCUT2D eigenvalue weighted by molar-refractivity contribution is 5.82. The Morgan fingerprint density at radius 1 is 1.05 bits per heavy atom. The molecule has 19 heavy (non-hydrogen) atoms. The third-order valence-corrected chi connectivity index (χ3v) is 2.54. The average Bonchev–Trinajstić information content (AvgIpc) is 2.39. The summed E-state index contributed by atoms with van der Waals surface area (Å²) in [5, 5.41) is 0. The average molecular weight is 253 g/mol.